The summed E-state index contributed by atoms with van der Waals surface area (Å²) in [5.74, 6) is -0.635. The highest BCUT2D eigenvalue weighted by atomic mass is 16.6. The molecule has 0 unspecified atom stereocenters. The van der Waals surface area contributed by atoms with Crippen LogP contribution in [0.5, 0.6) is 0 Å². The smallest absolute Gasteiger partial charge is 0.294 e. The van der Waals surface area contributed by atoms with Gasteiger partial charge in [0, 0.05) is 23.0 Å². The molecule has 1 aromatic carbocycles. The lowest BCUT2D eigenvalue weighted by Gasteiger charge is -2.13. The quantitative estimate of drug-likeness (QED) is 0.657. The molecule has 0 aliphatic carbocycles. The van der Waals surface area contributed by atoms with Crippen LogP contribution in [-0.2, 0) is 0 Å². The van der Waals surface area contributed by atoms with Crippen molar-refractivity contribution in [3.63, 3.8) is 0 Å². The van der Waals surface area contributed by atoms with Crippen LogP contribution >= 0.6 is 0 Å². The molecule has 3 N–H and O–H groups in total. The van der Waals surface area contributed by atoms with Crippen molar-refractivity contribution >= 4 is 17.3 Å². The Morgan fingerprint density at radius 3 is 2.35 bits per heavy atom. The molecule has 7 heteroatoms. The maximum absolute atomic E-state index is 11.2. The summed E-state index contributed by atoms with van der Waals surface area (Å²) in [6.07, 6.45) is 0. The van der Waals surface area contributed by atoms with Crippen LogP contribution in [0.2, 0.25) is 0 Å². The molecule has 2 rings (SSSR count). The highest BCUT2D eigenvalue weighted by molar-refractivity contribution is 5.94. The number of carbonyl (C=O) groups excluding carboxylic acids is 1. The summed E-state index contributed by atoms with van der Waals surface area (Å²) in [5.41, 5.74) is 10.2. The van der Waals surface area contributed by atoms with Gasteiger partial charge in [0.1, 0.15) is 5.69 Å². The molecule has 0 atom stereocenters. The number of primary amides is 1. The Kier molecular flexibility index (Phi) is 3.43. The van der Waals surface area contributed by atoms with E-state index in [1.807, 2.05) is 26.0 Å². The van der Waals surface area contributed by atoms with E-state index in [2.05, 4.69) is 5.43 Å². The molecule has 0 spiro atoms. The number of hydrogen-bond donors (Lipinski definition) is 2. The van der Waals surface area contributed by atoms with Crippen LogP contribution in [0, 0.1) is 24.0 Å². The molecular weight excluding hydrogens is 260 g/mol. The highest BCUT2D eigenvalue weighted by Gasteiger charge is 2.17. The lowest BCUT2D eigenvalue weighted by molar-refractivity contribution is -0.384. The largest absolute Gasteiger partial charge is 0.366 e. The number of benzene rings is 1. The first-order valence-electron chi connectivity index (χ1n) is 5.90. The second-order valence-corrected chi connectivity index (χ2v) is 4.42. The Balaban J connectivity index is 2.50. The van der Waals surface area contributed by atoms with E-state index in [4.69, 9.17) is 5.73 Å². The average molecular weight is 274 g/mol. The number of nitrogens with zero attached hydrogens (tertiary/aromatic N) is 2. The average Bonchev–Trinajstić information content (AvgIpc) is 2.70. The summed E-state index contributed by atoms with van der Waals surface area (Å²) in [5, 5.41) is 11.0. The van der Waals surface area contributed by atoms with Gasteiger partial charge in [-0.1, -0.05) is 0 Å². The molecule has 0 saturated heterocycles. The molecule has 0 aliphatic rings. The monoisotopic (exact) mass is 274 g/mol. The van der Waals surface area contributed by atoms with Crippen LogP contribution in [0.4, 0.5) is 11.4 Å². The third-order valence-electron chi connectivity index (χ3n) is 2.98. The molecule has 1 amide bonds. The first-order valence-corrected chi connectivity index (χ1v) is 5.90. The van der Waals surface area contributed by atoms with E-state index in [0.717, 1.165) is 11.4 Å². The van der Waals surface area contributed by atoms with E-state index in [0.29, 0.717) is 0 Å². The number of nitro benzene ring substituents is 1. The minimum absolute atomic E-state index is 0.123. The van der Waals surface area contributed by atoms with Gasteiger partial charge in [-0.2, -0.15) is 0 Å². The minimum Gasteiger partial charge on any atom is -0.366 e. The summed E-state index contributed by atoms with van der Waals surface area (Å²) >= 11 is 0. The van der Waals surface area contributed by atoms with Crippen LogP contribution < -0.4 is 11.2 Å². The van der Waals surface area contributed by atoms with Gasteiger partial charge in [-0.05, 0) is 38.1 Å². The number of amides is 1. The van der Waals surface area contributed by atoms with Crippen LogP contribution in [0.1, 0.15) is 21.7 Å². The van der Waals surface area contributed by atoms with E-state index in [1.54, 1.807) is 4.68 Å². The van der Waals surface area contributed by atoms with Crippen molar-refractivity contribution in [3.8, 4) is 0 Å². The fourth-order valence-corrected chi connectivity index (χ4v) is 1.90. The molecule has 104 valence electrons. The van der Waals surface area contributed by atoms with Gasteiger partial charge in [-0.15, -0.1) is 0 Å². The summed E-state index contributed by atoms with van der Waals surface area (Å²) in [7, 11) is 0. The second kappa shape index (κ2) is 5.04. The number of hydrogen-bond acceptors (Lipinski definition) is 4. The number of nitrogens with two attached hydrogens (primary N) is 1. The fourth-order valence-electron chi connectivity index (χ4n) is 1.90. The number of aryl methyl sites for hydroxylation is 2. The third-order valence-corrected chi connectivity index (χ3v) is 2.98. The maximum atomic E-state index is 11.2. The van der Waals surface area contributed by atoms with Crippen LogP contribution in [-0.4, -0.2) is 15.5 Å². The zero-order valence-electron chi connectivity index (χ0n) is 11.1. The van der Waals surface area contributed by atoms with E-state index >= 15 is 0 Å². The van der Waals surface area contributed by atoms with Crippen molar-refractivity contribution in [1.29, 1.82) is 0 Å². The van der Waals surface area contributed by atoms with Crippen molar-refractivity contribution in [3.05, 3.63) is 57.4 Å². The molecule has 1 heterocycles. The third kappa shape index (κ3) is 2.46. The van der Waals surface area contributed by atoms with Gasteiger partial charge in [0.15, 0.2) is 0 Å². The van der Waals surface area contributed by atoms with E-state index in [-0.39, 0.29) is 16.9 Å². The van der Waals surface area contributed by atoms with Crippen LogP contribution in [0.3, 0.4) is 0 Å². The van der Waals surface area contributed by atoms with Crippen molar-refractivity contribution in [2.75, 3.05) is 5.43 Å². The Bertz CT molecular complexity index is 671. The fraction of sp³-hybridized carbons (Fsp3) is 0.154. The van der Waals surface area contributed by atoms with Gasteiger partial charge in [0.25, 0.3) is 5.69 Å². The molecule has 0 saturated carbocycles. The van der Waals surface area contributed by atoms with E-state index in [1.165, 1.54) is 18.2 Å². The standard InChI is InChI=1S/C13H14N4O3/c1-8-3-4-9(2)16(8)15-11-7-10(13(14)18)5-6-12(11)17(19)20/h3-7,15H,1-2H3,(H2,14,18). The zero-order valence-corrected chi connectivity index (χ0v) is 11.1. The molecular formula is C13H14N4O3. The lowest BCUT2D eigenvalue weighted by atomic mass is 10.1. The normalized spacial score (nSPS) is 10.3. The van der Waals surface area contributed by atoms with Gasteiger partial charge >= 0.3 is 0 Å². The van der Waals surface area contributed by atoms with Gasteiger partial charge in [0.05, 0.1) is 4.92 Å². The lowest BCUT2D eigenvalue weighted by Crippen LogP contribution is -2.16. The van der Waals surface area contributed by atoms with Crippen molar-refractivity contribution in [2.24, 2.45) is 5.73 Å². The molecule has 1 aromatic heterocycles. The van der Waals surface area contributed by atoms with Crippen molar-refractivity contribution < 1.29 is 9.72 Å². The molecule has 0 aliphatic heterocycles. The topological polar surface area (TPSA) is 103 Å². The summed E-state index contributed by atoms with van der Waals surface area (Å²) in [6.45, 7) is 3.73. The van der Waals surface area contributed by atoms with E-state index in [9.17, 15) is 14.9 Å². The number of nitrogens with one attached hydrogen (secondary N) is 1. The predicted octanol–water partition coefficient (Wildman–Crippen LogP) is 1.99. The minimum atomic E-state index is -0.635. The first-order chi connectivity index (χ1) is 9.40. The number of carbonyl (C=O) groups is 1. The Morgan fingerprint density at radius 1 is 1.25 bits per heavy atom. The Hall–Kier alpha value is -2.83. The van der Waals surface area contributed by atoms with Gasteiger partial charge in [-0.25, -0.2) is 0 Å². The van der Waals surface area contributed by atoms with Crippen molar-refractivity contribution in [1.82, 2.24) is 4.68 Å². The summed E-state index contributed by atoms with van der Waals surface area (Å²) in [4.78, 5) is 21.7. The zero-order chi connectivity index (χ0) is 14.9. The summed E-state index contributed by atoms with van der Waals surface area (Å²) < 4.78 is 1.70. The van der Waals surface area contributed by atoms with Crippen LogP contribution in [0.15, 0.2) is 30.3 Å². The van der Waals surface area contributed by atoms with Gasteiger partial charge < -0.3 is 5.73 Å². The van der Waals surface area contributed by atoms with Crippen molar-refractivity contribution in [2.45, 2.75) is 13.8 Å². The van der Waals surface area contributed by atoms with Gasteiger partial charge in [-0.3, -0.25) is 25.0 Å². The number of aromatic nitrogens is 1. The molecule has 0 bridgehead atoms. The molecule has 0 fully saturated rings. The molecule has 7 nitrogen and oxygen atoms in total. The Morgan fingerprint density at radius 2 is 1.85 bits per heavy atom. The molecule has 2 aromatic rings. The number of rotatable bonds is 4. The highest BCUT2D eigenvalue weighted by Crippen LogP contribution is 2.26. The van der Waals surface area contributed by atoms with E-state index < -0.39 is 10.8 Å². The SMILES string of the molecule is Cc1ccc(C)n1Nc1cc(C(N)=O)ccc1[N+](=O)[O-]. The first kappa shape index (κ1) is 13.6. The van der Waals surface area contributed by atoms with Gasteiger partial charge in [0.2, 0.25) is 5.91 Å². The molecule has 0 radical (unpaired) electrons. The predicted molar refractivity (Wildman–Crippen MR) is 74.5 cm³/mol. The summed E-state index contributed by atoms with van der Waals surface area (Å²) in [6, 6.07) is 7.73. The van der Waals surface area contributed by atoms with Crippen LogP contribution in [0.25, 0.3) is 0 Å². The number of nitro groups is 1. The molecule has 20 heavy (non-hydrogen) atoms. The number of anilines is 1. The second-order valence-electron chi connectivity index (χ2n) is 4.42. The maximum Gasteiger partial charge on any atom is 0.294 e. The Labute approximate surface area is 115 Å².